The van der Waals surface area contributed by atoms with Crippen LogP contribution in [-0.4, -0.2) is 29.4 Å². The third kappa shape index (κ3) is 5.92. The van der Waals surface area contributed by atoms with Gasteiger partial charge in [0.25, 0.3) is 17.5 Å². The molecule has 0 aliphatic carbocycles. The number of benzene rings is 3. The number of carbonyl (C=O) groups is 3. The van der Waals surface area contributed by atoms with Gasteiger partial charge in [0.15, 0.2) is 0 Å². The van der Waals surface area contributed by atoms with E-state index in [1.165, 1.54) is 18.2 Å². The van der Waals surface area contributed by atoms with E-state index in [9.17, 15) is 24.5 Å². The van der Waals surface area contributed by atoms with Gasteiger partial charge in [-0.3, -0.25) is 25.0 Å². The van der Waals surface area contributed by atoms with Gasteiger partial charge in [0, 0.05) is 22.2 Å². The first-order valence-electron chi connectivity index (χ1n) is 11.2. The van der Waals surface area contributed by atoms with Crippen LogP contribution in [0, 0.1) is 10.1 Å². The van der Waals surface area contributed by atoms with Crippen molar-refractivity contribution in [3.63, 3.8) is 0 Å². The van der Waals surface area contributed by atoms with Gasteiger partial charge in [0.1, 0.15) is 23.7 Å². The molecule has 4 rings (SSSR count). The molecular formula is C26H19Br2N3O7. The summed E-state index contributed by atoms with van der Waals surface area (Å²) >= 11 is 6.84. The van der Waals surface area contributed by atoms with Gasteiger partial charge in [-0.25, -0.2) is 9.69 Å². The highest BCUT2D eigenvalue weighted by Gasteiger charge is 2.37. The van der Waals surface area contributed by atoms with Crippen LogP contribution in [0.2, 0.25) is 0 Å². The Bertz CT molecular complexity index is 1450. The van der Waals surface area contributed by atoms with Crippen LogP contribution in [0.4, 0.5) is 16.2 Å². The van der Waals surface area contributed by atoms with E-state index in [0.717, 1.165) is 4.90 Å². The lowest BCUT2D eigenvalue weighted by Crippen LogP contribution is -2.54. The Balaban J connectivity index is 1.65. The van der Waals surface area contributed by atoms with Crippen molar-refractivity contribution < 1.29 is 28.8 Å². The van der Waals surface area contributed by atoms with Gasteiger partial charge >= 0.3 is 6.03 Å². The van der Waals surface area contributed by atoms with Crippen LogP contribution in [0.1, 0.15) is 18.1 Å². The molecule has 10 nitrogen and oxygen atoms in total. The van der Waals surface area contributed by atoms with Gasteiger partial charge in [-0.1, -0.05) is 15.9 Å². The number of hydrogen-bond donors (Lipinski definition) is 1. The minimum absolute atomic E-state index is 0.0440. The maximum absolute atomic E-state index is 13.3. The molecule has 1 heterocycles. The summed E-state index contributed by atoms with van der Waals surface area (Å²) in [4.78, 5) is 49.9. The van der Waals surface area contributed by atoms with E-state index in [1.54, 1.807) is 48.5 Å². The van der Waals surface area contributed by atoms with Crippen molar-refractivity contribution in [1.29, 1.82) is 0 Å². The Hall–Kier alpha value is -4.03. The number of nitro benzene ring substituents is 1. The number of halogens is 2. The van der Waals surface area contributed by atoms with E-state index in [1.807, 2.05) is 6.92 Å². The molecule has 3 aromatic rings. The van der Waals surface area contributed by atoms with E-state index in [2.05, 4.69) is 37.2 Å². The summed E-state index contributed by atoms with van der Waals surface area (Å²) < 4.78 is 12.5. The Labute approximate surface area is 233 Å². The predicted molar refractivity (Wildman–Crippen MR) is 146 cm³/mol. The van der Waals surface area contributed by atoms with E-state index in [4.69, 9.17) is 9.47 Å². The number of ether oxygens (including phenoxy) is 2. The monoisotopic (exact) mass is 643 g/mol. The largest absolute Gasteiger partial charge is 0.494 e. The van der Waals surface area contributed by atoms with Crippen LogP contribution in [0.15, 0.2) is 75.2 Å². The first kappa shape index (κ1) is 27.0. The Morgan fingerprint density at radius 1 is 1.00 bits per heavy atom. The Morgan fingerprint density at radius 2 is 1.68 bits per heavy atom. The van der Waals surface area contributed by atoms with Gasteiger partial charge in [-0.15, -0.1) is 0 Å². The van der Waals surface area contributed by atoms with Crippen molar-refractivity contribution in [2.75, 3.05) is 11.5 Å². The van der Waals surface area contributed by atoms with Gasteiger partial charge in [-0.2, -0.15) is 0 Å². The first-order valence-corrected chi connectivity index (χ1v) is 12.8. The molecular weight excluding hydrogens is 626 g/mol. The van der Waals surface area contributed by atoms with Crippen molar-refractivity contribution >= 4 is 67.2 Å². The number of nitrogens with one attached hydrogen (secondary N) is 1. The standard InChI is InChI=1S/C26H19Br2N3O7/c1-2-37-20-9-7-18(8-10-20)30-25(33)21(24(32)29-26(30)34)12-16-11-17(27)13-22(28)23(16)38-14-15-3-5-19(6-4-15)31(35)36/h3-13H,2,14H2,1H3,(H,29,32,34)/b21-12+. The number of nitro groups is 1. The molecule has 12 heteroatoms. The average Bonchev–Trinajstić information content (AvgIpc) is 2.87. The summed E-state index contributed by atoms with van der Waals surface area (Å²) in [6.45, 7) is 2.36. The second kappa shape index (κ2) is 11.6. The highest BCUT2D eigenvalue weighted by molar-refractivity contribution is 9.11. The SMILES string of the molecule is CCOc1ccc(N2C(=O)NC(=O)/C(=C\c3cc(Br)cc(Br)c3OCc3ccc([N+](=O)[O-])cc3)C2=O)cc1. The summed E-state index contributed by atoms with van der Waals surface area (Å²) in [7, 11) is 0. The van der Waals surface area contributed by atoms with Crippen LogP contribution in [-0.2, 0) is 16.2 Å². The number of anilines is 1. The van der Waals surface area contributed by atoms with Crippen molar-refractivity contribution in [3.05, 3.63) is 96.4 Å². The summed E-state index contributed by atoms with van der Waals surface area (Å²) in [6, 6.07) is 14.7. The number of carbonyl (C=O) groups excluding carboxylic acids is 3. The number of nitrogens with zero attached hydrogens (tertiary/aromatic N) is 2. The first-order chi connectivity index (χ1) is 18.2. The third-order valence-corrected chi connectivity index (χ3v) is 6.42. The summed E-state index contributed by atoms with van der Waals surface area (Å²) in [6.07, 6.45) is 1.34. The summed E-state index contributed by atoms with van der Waals surface area (Å²) in [5, 5.41) is 13.1. The van der Waals surface area contributed by atoms with Gasteiger partial charge < -0.3 is 9.47 Å². The molecule has 1 saturated heterocycles. The number of non-ortho nitro benzene ring substituents is 1. The smallest absolute Gasteiger partial charge is 0.335 e. The molecule has 0 aromatic heterocycles. The average molecular weight is 645 g/mol. The lowest BCUT2D eigenvalue weighted by Gasteiger charge is -2.26. The molecule has 0 bridgehead atoms. The summed E-state index contributed by atoms with van der Waals surface area (Å²) in [5.41, 5.74) is 0.996. The lowest BCUT2D eigenvalue weighted by atomic mass is 10.1. The van der Waals surface area contributed by atoms with Gasteiger partial charge in [-0.05, 0) is 83.0 Å². The molecule has 0 unspecified atom stereocenters. The number of imide groups is 2. The van der Waals surface area contributed by atoms with E-state index in [-0.39, 0.29) is 23.6 Å². The number of amides is 4. The maximum atomic E-state index is 13.3. The van der Waals surface area contributed by atoms with Gasteiger partial charge in [0.05, 0.1) is 21.7 Å². The van der Waals surface area contributed by atoms with Crippen LogP contribution in [0.3, 0.4) is 0 Å². The molecule has 4 amide bonds. The topological polar surface area (TPSA) is 128 Å². The number of barbiturate groups is 1. The minimum atomic E-state index is -0.869. The zero-order valence-electron chi connectivity index (χ0n) is 19.8. The lowest BCUT2D eigenvalue weighted by molar-refractivity contribution is -0.384. The van der Waals surface area contributed by atoms with Crippen LogP contribution in [0.5, 0.6) is 11.5 Å². The molecule has 0 spiro atoms. The van der Waals surface area contributed by atoms with Gasteiger partial charge in [0.2, 0.25) is 0 Å². The molecule has 1 aliphatic heterocycles. The normalized spacial score (nSPS) is 14.4. The predicted octanol–water partition coefficient (Wildman–Crippen LogP) is 5.76. The highest BCUT2D eigenvalue weighted by atomic mass is 79.9. The Kier molecular flexibility index (Phi) is 8.23. The number of hydrogen-bond acceptors (Lipinski definition) is 7. The molecule has 38 heavy (non-hydrogen) atoms. The van der Waals surface area contributed by atoms with Crippen molar-refractivity contribution in [1.82, 2.24) is 5.32 Å². The molecule has 0 saturated carbocycles. The van der Waals surface area contributed by atoms with Crippen molar-refractivity contribution in [2.24, 2.45) is 0 Å². The summed E-state index contributed by atoms with van der Waals surface area (Å²) in [5.74, 6) is -0.758. The highest BCUT2D eigenvalue weighted by Crippen LogP contribution is 2.36. The number of rotatable bonds is 8. The fourth-order valence-corrected chi connectivity index (χ4v) is 4.99. The zero-order chi connectivity index (χ0) is 27.4. The second-order valence-corrected chi connectivity index (χ2v) is 9.67. The van der Waals surface area contributed by atoms with E-state index in [0.29, 0.717) is 38.2 Å². The van der Waals surface area contributed by atoms with Crippen LogP contribution in [0.25, 0.3) is 6.08 Å². The van der Waals surface area contributed by atoms with Crippen LogP contribution < -0.4 is 19.7 Å². The number of urea groups is 1. The van der Waals surface area contributed by atoms with Crippen molar-refractivity contribution in [2.45, 2.75) is 13.5 Å². The Morgan fingerprint density at radius 3 is 2.32 bits per heavy atom. The molecule has 1 fully saturated rings. The fraction of sp³-hybridized carbons (Fsp3) is 0.115. The molecule has 1 N–H and O–H groups in total. The maximum Gasteiger partial charge on any atom is 0.335 e. The fourth-order valence-electron chi connectivity index (χ4n) is 3.61. The molecule has 3 aromatic carbocycles. The molecule has 1 aliphatic rings. The third-order valence-electron chi connectivity index (χ3n) is 5.37. The van der Waals surface area contributed by atoms with Crippen molar-refractivity contribution in [3.8, 4) is 11.5 Å². The molecule has 194 valence electrons. The molecule has 0 radical (unpaired) electrons. The second-order valence-electron chi connectivity index (χ2n) is 7.90. The quantitative estimate of drug-likeness (QED) is 0.143. The van der Waals surface area contributed by atoms with Crippen LogP contribution >= 0.6 is 31.9 Å². The zero-order valence-corrected chi connectivity index (χ0v) is 22.9. The van der Waals surface area contributed by atoms with E-state index >= 15 is 0 Å². The van der Waals surface area contributed by atoms with E-state index < -0.39 is 22.8 Å². The minimum Gasteiger partial charge on any atom is -0.494 e. The molecule has 0 atom stereocenters.